The molecule has 11 heavy (non-hydrogen) atoms. The Balaban J connectivity index is 3.80. The summed E-state index contributed by atoms with van der Waals surface area (Å²) in [6, 6.07) is 0.349. The minimum atomic E-state index is 0.189. The second kappa shape index (κ2) is 5.47. The van der Waals surface area contributed by atoms with Crippen LogP contribution in [0.25, 0.3) is 0 Å². The predicted octanol–water partition coefficient (Wildman–Crippen LogP) is 1.56. The van der Waals surface area contributed by atoms with E-state index in [1.807, 2.05) is 7.05 Å². The van der Waals surface area contributed by atoms with Gasteiger partial charge < -0.3 is 4.90 Å². The van der Waals surface area contributed by atoms with Crippen molar-refractivity contribution in [2.75, 3.05) is 12.8 Å². The molecule has 0 aliphatic carbocycles. The molecule has 0 saturated carbocycles. The number of carbonyl (C=O) groups excluding carboxylic acids is 1. The van der Waals surface area contributed by atoms with E-state index in [1.165, 1.54) is 0 Å². The zero-order chi connectivity index (χ0) is 8.85. The first kappa shape index (κ1) is 10.8. The third-order valence-electron chi connectivity index (χ3n) is 1.97. The highest BCUT2D eigenvalue weighted by molar-refractivity contribution is 7.80. The lowest BCUT2D eigenvalue weighted by Gasteiger charge is -2.23. The van der Waals surface area contributed by atoms with E-state index in [-0.39, 0.29) is 5.91 Å². The van der Waals surface area contributed by atoms with Gasteiger partial charge in [-0.3, -0.25) is 4.79 Å². The highest BCUT2D eigenvalue weighted by Crippen LogP contribution is 2.02. The summed E-state index contributed by atoms with van der Waals surface area (Å²) in [5, 5.41) is 0. The Kier molecular flexibility index (Phi) is 5.38. The second-order valence-electron chi connectivity index (χ2n) is 2.74. The normalized spacial score (nSPS) is 12.7. The molecule has 0 saturated heterocycles. The van der Waals surface area contributed by atoms with Gasteiger partial charge in [0, 0.05) is 19.5 Å². The third kappa shape index (κ3) is 3.65. The molecule has 0 N–H and O–H groups in total. The maximum atomic E-state index is 11.2. The number of rotatable bonds is 4. The molecule has 0 aromatic heterocycles. The molecule has 66 valence electrons. The monoisotopic (exact) mass is 175 g/mol. The molecule has 0 spiro atoms. The van der Waals surface area contributed by atoms with Gasteiger partial charge in [0.1, 0.15) is 0 Å². The average Bonchev–Trinajstić information content (AvgIpc) is 2.02. The van der Waals surface area contributed by atoms with Gasteiger partial charge in [0.2, 0.25) is 5.91 Å². The number of thiol groups is 1. The largest absolute Gasteiger partial charge is 0.343 e. The first-order valence-corrected chi connectivity index (χ1v) is 4.63. The highest BCUT2D eigenvalue weighted by Gasteiger charge is 2.12. The molecule has 2 nitrogen and oxygen atoms in total. The van der Waals surface area contributed by atoms with Gasteiger partial charge in [-0.1, -0.05) is 6.92 Å². The minimum Gasteiger partial charge on any atom is -0.343 e. The molecule has 1 amide bonds. The van der Waals surface area contributed by atoms with E-state index in [9.17, 15) is 4.79 Å². The van der Waals surface area contributed by atoms with Crippen molar-refractivity contribution in [2.24, 2.45) is 0 Å². The number of carbonyl (C=O) groups is 1. The maximum absolute atomic E-state index is 11.2. The fraction of sp³-hybridized carbons (Fsp3) is 0.875. The summed E-state index contributed by atoms with van der Waals surface area (Å²) in [5.41, 5.74) is 0. The van der Waals surface area contributed by atoms with Gasteiger partial charge in [0.05, 0.1) is 0 Å². The lowest BCUT2D eigenvalue weighted by atomic mass is 10.2. The minimum absolute atomic E-state index is 0.189. The Morgan fingerprint density at radius 1 is 1.64 bits per heavy atom. The molecule has 3 heteroatoms. The molecule has 0 aliphatic rings. The van der Waals surface area contributed by atoms with Crippen LogP contribution in [0.15, 0.2) is 0 Å². The van der Waals surface area contributed by atoms with Crippen LogP contribution in [-0.4, -0.2) is 29.6 Å². The summed E-state index contributed by atoms with van der Waals surface area (Å²) in [5.74, 6) is 0.828. The molecule has 1 atom stereocenters. The molecule has 0 bridgehead atoms. The summed E-state index contributed by atoms with van der Waals surface area (Å²) in [7, 11) is 1.85. The van der Waals surface area contributed by atoms with Crippen molar-refractivity contribution in [3.63, 3.8) is 0 Å². The highest BCUT2D eigenvalue weighted by atomic mass is 32.1. The van der Waals surface area contributed by atoms with E-state index in [0.717, 1.165) is 6.42 Å². The van der Waals surface area contributed by atoms with Crippen LogP contribution in [0.5, 0.6) is 0 Å². The van der Waals surface area contributed by atoms with Gasteiger partial charge in [-0.05, 0) is 19.1 Å². The van der Waals surface area contributed by atoms with Crippen molar-refractivity contribution in [2.45, 2.75) is 32.7 Å². The van der Waals surface area contributed by atoms with Crippen molar-refractivity contribution in [3.05, 3.63) is 0 Å². The molecule has 0 fully saturated rings. The molecule has 0 rings (SSSR count). The molecule has 0 aromatic carbocycles. The Labute approximate surface area is 74.4 Å². The van der Waals surface area contributed by atoms with Crippen molar-refractivity contribution >= 4 is 18.5 Å². The van der Waals surface area contributed by atoms with Crippen LogP contribution < -0.4 is 0 Å². The smallest absolute Gasteiger partial charge is 0.223 e. The molecule has 0 radical (unpaired) electrons. The lowest BCUT2D eigenvalue weighted by Crippen LogP contribution is -2.34. The lowest BCUT2D eigenvalue weighted by molar-refractivity contribution is -0.131. The van der Waals surface area contributed by atoms with Crippen molar-refractivity contribution in [1.82, 2.24) is 4.90 Å². The average molecular weight is 175 g/mol. The summed E-state index contributed by atoms with van der Waals surface area (Å²) in [4.78, 5) is 13.0. The molecular formula is C8H17NOS. The van der Waals surface area contributed by atoms with E-state index in [0.29, 0.717) is 18.2 Å². The van der Waals surface area contributed by atoms with E-state index < -0.39 is 0 Å². The van der Waals surface area contributed by atoms with Crippen LogP contribution in [0.3, 0.4) is 0 Å². The van der Waals surface area contributed by atoms with Gasteiger partial charge in [-0.2, -0.15) is 12.6 Å². The molecule has 1 unspecified atom stereocenters. The first-order chi connectivity index (χ1) is 5.13. The number of nitrogens with zero attached hydrogens (tertiary/aromatic N) is 1. The summed E-state index contributed by atoms with van der Waals surface area (Å²) in [6.07, 6.45) is 1.55. The van der Waals surface area contributed by atoms with Crippen molar-refractivity contribution in [1.29, 1.82) is 0 Å². The van der Waals surface area contributed by atoms with E-state index in [2.05, 4.69) is 26.5 Å². The molecule has 0 heterocycles. The third-order valence-corrected chi connectivity index (χ3v) is 2.19. The van der Waals surface area contributed by atoms with Crippen LogP contribution in [0.1, 0.15) is 26.7 Å². The van der Waals surface area contributed by atoms with Gasteiger partial charge in [0.25, 0.3) is 0 Å². The summed E-state index contributed by atoms with van der Waals surface area (Å²) in [6.45, 7) is 4.13. The summed E-state index contributed by atoms with van der Waals surface area (Å²) < 4.78 is 0. The fourth-order valence-corrected chi connectivity index (χ4v) is 0.983. The first-order valence-electron chi connectivity index (χ1n) is 4.00. The van der Waals surface area contributed by atoms with E-state index in [4.69, 9.17) is 0 Å². The van der Waals surface area contributed by atoms with Crippen LogP contribution in [0.4, 0.5) is 0 Å². The van der Waals surface area contributed by atoms with Gasteiger partial charge in [-0.15, -0.1) is 0 Å². The van der Waals surface area contributed by atoms with E-state index in [1.54, 1.807) is 4.90 Å². The Hall–Kier alpha value is -0.180. The van der Waals surface area contributed by atoms with Crippen molar-refractivity contribution in [3.8, 4) is 0 Å². The number of amides is 1. The van der Waals surface area contributed by atoms with Crippen LogP contribution in [-0.2, 0) is 4.79 Å². The van der Waals surface area contributed by atoms with Gasteiger partial charge in [0.15, 0.2) is 0 Å². The quantitative estimate of drug-likeness (QED) is 0.643. The summed E-state index contributed by atoms with van der Waals surface area (Å²) >= 11 is 4.00. The van der Waals surface area contributed by atoms with Crippen LogP contribution >= 0.6 is 12.6 Å². The molecule has 0 aromatic rings. The van der Waals surface area contributed by atoms with Crippen molar-refractivity contribution < 1.29 is 4.79 Å². The molecule has 0 aliphatic heterocycles. The number of hydrogen-bond donors (Lipinski definition) is 1. The topological polar surface area (TPSA) is 20.3 Å². The SMILES string of the molecule is CCC(C)N(C)C(=O)CCS. The Morgan fingerprint density at radius 2 is 2.18 bits per heavy atom. The zero-order valence-electron chi connectivity index (χ0n) is 7.50. The number of hydrogen-bond acceptors (Lipinski definition) is 2. The van der Waals surface area contributed by atoms with Gasteiger partial charge in [-0.25, -0.2) is 0 Å². The Bertz CT molecular complexity index is 127. The van der Waals surface area contributed by atoms with Crippen LogP contribution in [0, 0.1) is 0 Å². The van der Waals surface area contributed by atoms with Crippen LogP contribution in [0.2, 0.25) is 0 Å². The fourth-order valence-electron chi connectivity index (χ4n) is 0.792. The standard InChI is InChI=1S/C8H17NOS/c1-4-7(2)9(3)8(10)5-6-11/h7,11H,4-6H2,1-3H3. The van der Waals surface area contributed by atoms with Gasteiger partial charge >= 0.3 is 0 Å². The second-order valence-corrected chi connectivity index (χ2v) is 3.18. The van der Waals surface area contributed by atoms with E-state index >= 15 is 0 Å². The maximum Gasteiger partial charge on any atom is 0.223 e. The Morgan fingerprint density at radius 3 is 2.55 bits per heavy atom. The molecular weight excluding hydrogens is 158 g/mol. The zero-order valence-corrected chi connectivity index (χ0v) is 8.40. The predicted molar refractivity (Wildman–Crippen MR) is 51.0 cm³/mol.